The van der Waals surface area contributed by atoms with E-state index in [1.807, 2.05) is 24.3 Å². The SMILES string of the molecule is Cl.NCCCCC(N)C(=O)NCC1OB(O)c2ccccc21. The molecule has 1 aromatic rings. The second-order valence-corrected chi connectivity index (χ2v) is 5.24. The van der Waals surface area contributed by atoms with Gasteiger partial charge in [-0.3, -0.25) is 4.79 Å². The Labute approximate surface area is 137 Å². The average molecular weight is 328 g/mol. The minimum absolute atomic E-state index is 0. The minimum atomic E-state index is -0.929. The maximum atomic E-state index is 11.9. The summed E-state index contributed by atoms with van der Waals surface area (Å²) in [6.07, 6.45) is 1.99. The standard InChI is InChI=1S/C14H22BN3O3.ClH/c16-8-4-3-7-12(17)14(19)18-9-13-10-5-1-2-6-11(10)15(20)21-13;/h1-2,5-6,12-13,20H,3-4,7-9,16-17H2,(H,18,19);1H. The van der Waals surface area contributed by atoms with Crippen LogP contribution in [0.15, 0.2) is 24.3 Å². The Bertz CT molecular complexity index is 492. The number of hydrogen-bond donors (Lipinski definition) is 4. The van der Waals surface area contributed by atoms with Gasteiger partial charge >= 0.3 is 7.12 Å². The number of halogens is 1. The van der Waals surface area contributed by atoms with Crippen molar-refractivity contribution < 1.29 is 14.5 Å². The van der Waals surface area contributed by atoms with E-state index in [1.54, 1.807) is 0 Å². The quantitative estimate of drug-likeness (QED) is 0.396. The van der Waals surface area contributed by atoms with E-state index in [0.717, 1.165) is 23.9 Å². The van der Waals surface area contributed by atoms with Crippen LogP contribution in [0.3, 0.4) is 0 Å². The molecule has 0 fully saturated rings. The van der Waals surface area contributed by atoms with Gasteiger partial charge in [0.2, 0.25) is 5.91 Å². The Kier molecular flexibility index (Phi) is 7.85. The third kappa shape index (κ3) is 4.69. The molecule has 0 saturated heterocycles. The monoisotopic (exact) mass is 327 g/mol. The molecule has 0 aliphatic carbocycles. The molecule has 1 heterocycles. The van der Waals surface area contributed by atoms with E-state index in [2.05, 4.69) is 5.32 Å². The molecule has 8 heteroatoms. The fourth-order valence-electron chi connectivity index (χ4n) is 2.45. The Morgan fingerprint density at radius 1 is 1.41 bits per heavy atom. The number of rotatable bonds is 7. The number of nitrogens with two attached hydrogens (primary N) is 2. The smallest absolute Gasteiger partial charge is 0.423 e. The maximum Gasteiger partial charge on any atom is 0.492 e. The van der Waals surface area contributed by atoms with Gasteiger partial charge in [0.05, 0.1) is 12.1 Å². The lowest BCUT2D eigenvalue weighted by molar-refractivity contribution is -0.122. The second kappa shape index (κ2) is 9.12. The van der Waals surface area contributed by atoms with E-state index in [9.17, 15) is 9.82 Å². The Morgan fingerprint density at radius 2 is 2.14 bits per heavy atom. The first-order valence-corrected chi connectivity index (χ1v) is 7.29. The van der Waals surface area contributed by atoms with Crippen molar-refractivity contribution in [3.63, 3.8) is 0 Å². The molecule has 1 aliphatic heterocycles. The second-order valence-electron chi connectivity index (χ2n) is 5.24. The molecule has 0 spiro atoms. The molecule has 0 aromatic heterocycles. The van der Waals surface area contributed by atoms with E-state index in [0.29, 0.717) is 19.5 Å². The first-order valence-electron chi connectivity index (χ1n) is 7.29. The zero-order valence-corrected chi connectivity index (χ0v) is 13.2. The summed E-state index contributed by atoms with van der Waals surface area (Å²) >= 11 is 0. The van der Waals surface area contributed by atoms with Crippen LogP contribution in [0.5, 0.6) is 0 Å². The number of benzene rings is 1. The zero-order valence-electron chi connectivity index (χ0n) is 12.4. The molecule has 0 saturated carbocycles. The average Bonchev–Trinajstić information content (AvgIpc) is 2.82. The van der Waals surface area contributed by atoms with Crippen LogP contribution in [-0.2, 0) is 9.45 Å². The molecule has 2 unspecified atom stereocenters. The summed E-state index contributed by atoms with van der Waals surface area (Å²) in [6.45, 7) is 0.913. The number of carbonyl (C=O) groups is 1. The van der Waals surface area contributed by atoms with Crippen LogP contribution < -0.4 is 22.2 Å². The molecular formula is C14H23BClN3O3. The lowest BCUT2D eigenvalue weighted by Crippen LogP contribution is -2.42. The fourth-order valence-corrected chi connectivity index (χ4v) is 2.45. The van der Waals surface area contributed by atoms with Gasteiger partial charge in [0.15, 0.2) is 0 Å². The molecule has 22 heavy (non-hydrogen) atoms. The van der Waals surface area contributed by atoms with Crippen LogP contribution in [0.1, 0.15) is 30.9 Å². The van der Waals surface area contributed by atoms with Gasteiger partial charge < -0.3 is 26.5 Å². The maximum absolute atomic E-state index is 11.9. The lowest BCUT2D eigenvalue weighted by atomic mass is 9.79. The summed E-state index contributed by atoms with van der Waals surface area (Å²) in [5.41, 5.74) is 12.9. The van der Waals surface area contributed by atoms with Gasteiger partial charge in [-0.15, -0.1) is 12.4 Å². The van der Waals surface area contributed by atoms with Crippen LogP contribution in [0, 0.1) is 0 Å². The van der Waals surface area contributed by atoms with Gasteiger partial charge in [-0.2, -0.15) is 0 Å². The third-order valence-electron chi connectivity index (χ3n) is 3.67. The zero-order chi connectivity index (χ0) is 15.2. The van der Waals surface area contributed by atoms with Crippen LogP contribution >= 0.6 is 12.4 Å². The largest absolute Gasteiger partial charge is 0.492 e. The molecule has 6 nitrogen and oxygen atoms in total. The molecule has 0 radical (unpaired) electrons. The number of carbonyl (C=O) groups excluding carboxylic acids is 1. The van der Waals surface area contributed by atoms with Crippen LogP contribution in [0.2, 0.25) is 0 Å². The van der Waals surface area contributed by atoms with Crippen molar-refractivity contribution in [2.24, 2.45) is 11.5 Å². The van der Waals surface area contributed by atoms with Crippen molar-refractivity contribution in [3.8, 4) is 0 Å². The van der Waals surface area contributed by atoms with E-state index >= 15 is 0 Å². The fraction of sp³-hybridized carbons (Fsp3) is 0.500. The summed E-state index contributed by atoms with van der Waals surface area (Å²) in [7, 11) is -0.929. The van der Waals surface area contributed by atoms with E-state index in [1.165, 1.54) is 0 Å². The van der Waals surface area contributed by atoms with Gasteiger partial charge in [0.1, 0.15) is 0 Å². The highest BCUT2D eigenvalue weighted by Crippen LogP contribution is 2.22. The Morgan fingerprint density at radius 3 is 2.86 bits per heavy atom. The van der Waals surface area contributed by atoms with E-state index < -0.39 is 13.2 Å². The molecule has 1 aromatic carbocycles. The van der Waals surface area contributed by atoms with E-state index in [-0.39, 0.29) is 24.4 Å². The van der Waals surface area contributed by atoms with Crippen molar-refractivity contribution in [2.45, 2.75) is 31.4 Å². The van der Waals surface area contributed by atoms with Gasteiger partial charge in [0, 0.05) is 6.54 Å². The number of hydrogen-bond acceptors (Lipinski definition) is 5. The lowest BCUT2D eigenvalue weighted by Gasteiger charge is -2.16. The van der Waals surface area contributed by atoms with Crippen LogP contribution in [0.4, 0.5) is 0 Å². The first-order chi connectivity index (χ1) is 10.1. The van der Waals surface area contributed by atoms with Crippen LogP contribution in [0.25, 0.3) is 0 Å². The normalized spacial score (nSPS) is 17.6. The molecule has 122 valence electrons. The predicted octanol–water partition coefficient (Wildman–Crippen LogP) is -0.560. The predicted molar refractivity (Wildman–Crippen MR) is 89.0 cm³/mol. The van der Waals surface area contributed by atoms with Crippen LogP contribution in [-0.4, -0.2) is 37.2 Å². The summed E-state index contributed by atoms with van der Waals surface area (Å²) in [5.74, 6) is -0.200. The Hall–Kier alpha value is -1.12. The Balaban J connectivity index is 0.00000242. The molecule has 1 amide bonds. The number of fused-ring (bicyclic) bond motifs is 1. The molecule has 1 aliphatic rings. The van der Waals surface area contributed by atoms with Gasteiger partial charge in [-0.1, -0.05) is 30.7 Å². The van der Waals surface area contributed by atoms with Crippen molar-refractivity contribution in [1.29, 1.82) is 0 Å². The molecule has 2 atom stereocenters. The van der Waals surface area contributed by atoms with Gasteiger partial charge in [-0.05, 0) is 30.4 Å². The highest BCUT2D eigenvalue weighted by molar-refractivity contribution is 6.61. The summed E-state index contributed by atoms with van der Waals surface area (Å²) in [5, 5.41) is 12.6. The van der Waals surface area contributed by atoms with Gasteiger partial charge in [0.25, 0.3) is 0 Å². The topological polar surface area (TPSA) is 111 Å². The number of amides is 1. The highest BCUT2D eigenvalue weighted by atomic mass is 35.5. The summed E-state index contributed by atoms with van der Waals surface area (Å²) in [4.78, 5) is 11.9. The molecule has 2 rings (SSSR count). The molecular weight excluding hydrogens is 304 g/mol. The minimum Gasteiger partial charge on any atom is -0.423 e. The van der Waals surface area contributed by atoms with Crippen molar-refractivity contribution in [1.82, 2.24) is 5.32 Å². The highest BCUT2D eigenvalue weighted by Gasteiger charge is 2.34. The first kappa shape index (κ1) is 18.9. The van der Waals surface area contributed by atoms with Gasteiger partial charge in [-0.25, -0.2) is 0 Å². The van der Waals surface area contributed by atoms with Crippen molar-refractivity contribution in [2.75, 3.05) is 13.1 Å². The van der Waals surface area contributed by atoms with E-state index in [4.69, 9.17) is 16.1 Å². The molecule has 6 N–H and O–H groups in total. The van der Waals surface area contributed by atoms with Crippen molar-refractivity contribution >= 4 is 30.9 Å². The third-order valence-corrected chi connectivity index (χ3v) is 3.67. The number of nitrogens with one attached hydrogen (secondary N) is 1. The molecule has 0 bridgehead atoms. The summed E-state index contributed by atoms with van der Waals surface area (Å²) < 4.78 is 5.44. The summed E-state index contributed by atoms with van der Waals surface area (Å²) in [6, 6.07) is 6.91. The van der Waals surface area contributed by atoms with Crippen molar-refractivity contribution in [3.05, 3.63) is 29.8 Å². The number of unbranched alkanes of at least 4 members (excludes halogenated alkanes) is 1.